The molecule has 0 saturated carbocycles. The minimum Gasteiger partial charge on any atom is -0.508 e. The zero-order valence-corrected chi connectivity index (χ0v) is 19.5. The van der Waals surface area contributed by atoms with E-state index in [-0.39, 0.29) is 18.3 Å². The number of amides is 1. The van der Waals surface area contributed by atoms with E-state index in [0.29, 0.717) is 32.8 Å². The first-order valence-electron chi connectivity index (χ1n) is 10.7. The van der Waals surface area contributed by atoms with E-state index in [1.165, 1.54) is 23.0 Å². The van der Waals surface area contributed by atoms with Gasteiger partial charge < -0.3 is 15.2 Å². The quantitative estimate of drug-likeness (QED) is 0.301. The molecule has 1 atom stereocenters. The number of carbonyl (C=O) groups is 2. The monoisotopic (exact) mass is 477 g/mol. The number of phenols is 1. The number of thiophene rings is 1. The summed E-state index contributed by atoms with van der Waals surface area (Å²) < 4.78 is 6.72. The van der Waals surface area contributed by atoms with Crippen LogP contribution in [0.15, 0.2) is 65.7 Å². The summed E-state index contributed by atoms with van der Waals surface area (Å²) in [4.78, 5) is 44.0. The maximum absolute atomic E-state index is 13.3. The first kappa shape index (κ1) is 23.2. The second kappa shape index (κ2) is 9.88. The van der Waals surface area contributed by atoms with Crippen LogP contribution >= 0.6 is 11.3 Å². The van der Waals surface area contributed by atoms with Crippen molar-refractivity contribution in [1.29, 1.82) is 0 Å². The summed E-state index contributed by atoms with van der Waals surface area (Å²) in [7, 11) is 0. The van der Waals surface area contributed by atoms with E-state index in [1.807, 2.05) is 30.3 Å². The molecule has 8 nitrogen and oxygen atoms in total. The molecule has 0 aliphatic heterocycles. The van der Waals surface area contributed by atoms with Crippen LogP contribution in [-0.4, -0.2) is 26.5 Å². The lowest BCUT2D eigenvalue weighted by molar-refractivity contribution is -0.119. The SMILES string of the molecule is CCC(C(=O)Nc1ccc(O)cc1)n1cnc2sc(C(=O)OCc3ccccc3)c(C)c2c1=O. The first-order chi connectivity index (χ1) is 16.4. The molecule has 0 fully saturated rings. The van der Waals surface area contributed by atoms with Crippen LogP contribution in [0.2, 0.25) is 0 Å². The Morgan fingerprint density at radius 2 is 1.85 bits per heavy atom. The van der Waals surface area contributed by atoms with E-state index < -0.39 is 17.6 Å². The van der Waals surface area contributed by atoms with Gasteiger partial charge in [0.05, 0.1) is 11.7 Å². The highest BCUT2D eigenvalue weighted by Crippen LogP contribution is 2.28. The van der Waals surface area contributed by atoms with Crippen LogP contribution < -0.4 is 10.9 Å². The lowest BCUT2D eigenvalue weighted by Gasteiger charge is -2.17. The summed E-state index contributed by atoms with van der Waals surface area (Å²) in [6, 6.07) is 14.6. The molecule has 0 radical (unpaired) electrons. The highest BCUT2D eigenvalue weighted by atomic mass is 32.1. The Balaban J connectivity index is 1.60. The van der Waals surface area contributed by atoms with Gasteiger partial charge in [-0.25, -0.2) is 9.78 Å². The highest BCUT2D eigenvalue weighted by molar-refractivity contribution is 7.20. The lowest BCUT2D eigenvalue weighted by atomic mass is 10.1. The third kappa shape index (κ3) is 4.69. The van der Waals surface area contributed by atoms with Gasteiger partial charge in [-0.15, -0.1) is 11.3 Å². The van der Waals surface area contributed by atoms with E-state index in [2.05, 4.69) is 10.3 Å². The number of carbonyl (C=O) groups excluding carboxylic acids is 2. The van der Waals surface area contributed by atoms with Crippen molar-refractivity contribution in [2.45, 2.75) is 32.9 Å². The molecule has 0 aliphatic rings. The van der Waals surface area contributed by atoms with Crippen LogP contribution in [0.4, 0.5) is 5.69 Å². The minimum atomic E-state index is -0.800. The van der Waals surface area contributed by atoms with Crippen LogP contribution in [0.5, 0.6) is 5.75 Å². The zero-order chi connectivity index (χ0) is 24.2. The van der Waals surface area contributed by atoms with Gasteiger partial charge in [0.15, 0.2) is 0 Å². The molecular formula is C25H23N3O5S. The molecule has 1 amide bonds. The van der Waals surface area contributed by atoms with Gasteiger partial charge in [0, 0.05) is 5.69 Å². The summed E-state index contributed by atoms with van der Waals surface area (Å²) in [5.74, 6) is -0.818. The fourth-order valence-electron chi connectivity index (χ4n) is 3.62. The van der Waals surface area contributed by atoms with Crippen molar-refractivity contribution in [3.63, 3.8) is 0 Å². The Morgan fingerprint density at radius 3 is 2.53 bits per heavy atom. The zero-order valence-electron chi connectivity index (χ0n) is 18.6. The molecule has 34 heavy (non-hydrogen) atoms. The van der Waals surface area contributed by atoms with Crippen LogP contribution in [-0.2, 0) is 16.1 Å². The third-order valence-electron chi connectivity index (χ3n) is 5.43. The van der Waals surface area contributed by atoms with Gasteiger partial charge >= 0.3 is 5.97 Å². The van der Waals surface area contributed by atoms with E-state index >= 15 is 0 Å². The number of ether oxygens (including phenoxy) is 1. The van der Waals surface area contributed by atoms with Crippen molar-refractivity contribution < 1.29 is 19.4 Å². The van der Waals surface area contributed by atoms with Gasteiger partial charge in [-0.3, -0.25) is 14.2 Å². The molecule has 0 bridgehead atoms. The van der Waals surface area contributed by atoms with E-state index in [4.69, 9.17) is 4.74 Å². The van der Waals surface area contributed by atoms with Crippen molar-refractivity contribution >= 4 is 39.1 Å². The van der Waals surface area contributed by atoms with Gasteiger partial charge in [0.25, 0.3) is 5.56 Å². The van der Waals surface area contributed by atoms with Gasteiger partial charge in [-0.05, 0) is 48.7 Å². The number of nitrogens with one attached hydrogen (secondary N) is 1. The number of hydrogen-bond donors (Lipinski definition) is 2. The third-order valence-corrected chi connectivity index (χ3v) is 6.61. The number of anilines is 1. The minimum absolute atomic E-state index is 0.0851. The fourth-order valence-corrected chi connectivity index (χ4v) is 4.65. The summed E-state index contributed by atoms with van der Waals surface area (Å²) >= 11 is 1.10. The predicted molar refractivity (Wildman–Crippen MR) is 130 cm³/mol. The maximum atomic E-state index is 13.3. The van der Waals surface area contributed by atoms with E-state index in [9.17, 15) is 19.5 Å². The number of phenolic OH excluding ortho intramolecular Hbond substituents is 1. The normalized spacial score (nSPS) is 11.8. The second-order valence-corrected chi connectivity index (χ2v) is 8.71. The first-order valence-corrected chi connectivity index (χ1v) is 11.5. The van der Waals surface area contributed by atoms with E-state index in [0.717, 1.165) is 16.9 Å². The van der Waals surface area contributed by atoms with Crippen LogP contribution in [0.1, 0.15) is 40.2 Å². The second-order valence-electron chi connectivity index (χ2n) is 7.72. The maximum Gasteiger partial charge on any atom is 0.349 e. The van der Waals surface area contributed by atoms with Crippen LogP contribution in [0, 0.1) is 6.92 Å². The Hall–Kier alpha value is -3.98. The lowest BCUT2D eigenvalue weighted by Crippen LogP contribution is -2.33. The molecule has 0 saturated heterocycles. The van der Waals surface area contributed by atoms with Crippen molar-refractivity contribution in [3.8, 4) is 5.75 Å². The fraction of sp³-hybridized carbons (Fsp3) is 0.200. The molecule has 2 aromatic heterocycles. The predicted octanol–water partition coefficient (Wildman–Crippen LogP) is 4.42. The number of nitrogens with zero attached hydrogens (tertiary/aromatic N) is 2. The molecule has 0 aliphatic carbocycles. The molecule has 0 spiro atoms. The summed E-state index contributed by atoms with van der Waals surface area (Å²) in [5, 5.41) is 12.5. The smallest absolute Gasteiger partial charge is 0.349 e. The summed E-state index contributed by atoms with van der Waals surface area (Å²) in [5.41, 5.74) is 1.45. The molecule has 2 aromatic carbocycles. The van der Waals surface area contributed by atoms with Gasteiger partial charge in [-0.1, -0.05) is 37.3 Å². The Bertz CT molecular complexity index is 1390. The standard InChI is InChI=1S/C25H23N3O5S/c1-3-19(22(30)27-17-9-11-18(29)12-10-17)28-14-26-23-20(24(28)31)15(2)21(34-23)25(32)33-13-16-7-5-4-6-8-16/h4-12,14,19,29H,3,13H2,1-2H3,(H,27,30). The molecular weight excluding hydrogens is 454 g/mol. The molecule has 2 heterocycles. The van der Waals surface area contributed by atoms with Crippen molar-refractivity contribution in [1.82, 2.24) is 9.55 Å². The number of benzene rings is 2. The Kier molecular flexibility index (Phi) is 6.74. The topological polar surface area (TPSA) is 111 Å². The summed E-state index contributed by atoms with van der Waals surface area (Å²) in [6.07, 6.45) is 1.69. The summed E-state index contributed by atoms with van der Waals surface area (Å²) in [6.45, 7) is 3.60. The number of aromatic hydroxyl groups is 1. The molecule has 1 unspecified atom stereocenters. The number of fused-ring (bicyclic) bond motifs is 1. The van der Waals surface area contributed by atoms with Crippen molar-refractivity contribution in [2.75, 3.05) is 5.32 Å². The number of hydrogen-bond acceptors (Lipinski definition) is 7. The Morgan fingerprint density at radius 1 is 1.15 bits per heavy atom. The van der Waals surface area contributed by atoms with Crippen LogP contribution in [0.3, 0.4) is 0 Å². The molecule has 4 aromatic rings. The number of aromatic nitrogens is 2. The van der Waals surface area contributed by atoms with Gasteiger partial charge in [0.2, 0.25) is 5.91 Å². The van der Waals surface area contributed by atoms with Gasteiger partial charge in [-0.2, -0.15) is 0 Å². The molecule has 9 heteroatoms. The van der Waals surface area contributed by atoms with E-state index in [1.54, 1.807) is 26.0 Å². The number of rotatable bonds is 7. The number of esters is 1. The van der Waals surface area contributed by atoms with Crippen molar-refractivity contribution in [3.05, 3.63) is 87.3 Å². The van der Waals surface area contributed by atoms with Gasteiger partial charge in [0.1, 0.15) is 28.1 Å². The molecule has 4 rings (SSSR count). The largest absolute Gasteiger partial charge is 0.508 e. The molecule has 174 valence electrons. The molecule has 2 N–H and O–H groups in total. The Labute approximate surface area is 199 Å². The van der Waals surface area contributed by atoms with Crippen LogP contribution in [0.25, 0.3) is 10.2 Å². The van der Waals surface area contributed by atoms with Crippen molar-refractivity contribution in [2.24, 2.45) is 0 Å². The highest BCUT2D eigenvalue weighted by Gasteiger charge is 2.25. The average Bonchev–Trinajstić information content (AvgIpc) is 3.18. The average molecular weight is 478 g/mol. The number of aryl methyl sites for hydroxylation is 1.